The molecule has 2 heterocycles. The molecule has 0 aliphatic carbocycles. The molecule has 8 nitrogen and oxygen atoms in total. The molecule has 128 valence electrons. The topological polar surface area (TPSA) is 92.0 Å². The summed E-state index contributed by atoms with van der Waals surface area (Å²) in [6, 6.07) is 1.85. The first kappa shape index (κ1) is 17.1. The average molecular weight is 323 g/mol. The van der Waals surface area contributed by atoms with E-state index in [1.807, 2.05) is 20.8 Å². The van der Waals surface area contributed by atoms with Gasteiger partial charge < -0.3 is 24.8 Å². The summed E-state index contributed by atoms with van der Waals surface area (Å²) in [5.41, 5.74) is 0.325. The van der Waals surface area contributed by atoms with Crippen LogP contribution in [0.4, 0.5) is 4.79 Å². The van der Waals surface area contributed by atoms with E-state index >= 15 is 0 Å². The van der Waals surface area contributed by atoms with Crippen LogP contribution in [0.5, 0.6) is 0 Å². The molecule has 0 aromatic carbocycles. The first-order chi connectivity index (χ1) is 10.9. The largest absolute Gasteiger partial charge is 0.444 e. The normalized spacial score (nSPS) is 18.9. The number of nitrogens with one attached hydrogen (secondary N) is 2. The standard InChI is InChI=1S/C15H25N5O3/c1-15(2,3)23-14(21)18-12-5-7-20(10-12)13(16-4)17-9-11-6-8-22-19-11/h6,8,12H,5,7,9-10H2,1-4H3,(H,16,17)(H,18,21). The monoisotopic (exact) mass is 323 g/mol. The van der Waals surface area contributed by atoms with E-state index in [-0.39, 0.29) is 12.1 Å². The van der Waals surface area contributed by atoms with Crippen LogP contribution in [-0.2, 0) is 11.3 Å². The Bertz CT molecular complexity index is 536. The quantitative estimate of drug-likeness (QED) is 0.644. The van der Waals surface area contributed by atoms with E-state index < -0.39 is 5.60 Å². The molecule has 8 heteroatoms. The molecule has 1 aromatic heterocycles. The number of likely N-dealkylation sites (tertiary alicyclic amines) is 1. The Hall–Kier alpha value is -2.25. The van der Waals surface area contributed by atoms with Crippen LogP contribution in [0.25, 0.3) is 0 Å². The molecule has 1 amide bonds. The molecule has 2 N–H and O–H groups in total. The van der Waals surface area contributed by atoms with Crippen molar-refractivity contribution in [2.45, 2.75) is 45.4 Å². The number of guanidine groups is 1. The second-order valence-corrected chi connectivity index (χ2v) is 6.47. The van der Waals surface area contributed by atoms with Crippen LogP contribution in [0, 0.1) is 0 Å². The molecule has 1 aliphatic rings. The highest BCUT2D eigenvalue weighted by atomic mass is 16.6. The zero-order chi connectivity index (χ0) is 16.9. The number of rotatable bonds is 3. The highest BCUT2D eigenvalue weighted by molar-refractivity contribution is 5.80. The highest BCUT2D eigenvalue weighted by Gasteiger charge is 2.27. The van der Waals surface area contributed by atoms with Crippen molar-refractivity contribution in [1.29, 1.82) is 0 Å². The van der Waals surface area contributed by atoms with Gasteiger partial charge in [0.25, 0.3) is 0 Å². The Balaban J connectivity index is 1.79. The minimum Gasteiger partial charge on any atom is -0.444 e. The lowest BCUT2D eigenvalue weighted by Crippen LogP contribution is -2.44. The lowest BCUT2D eigenvalue weighted by molar-refractivity contribution is 0.0507. The summed E-state index contributed by atoms with van der Waals surface area (Å²) in [7, 11) is 1.74. The van der Waals surface area contributed by atoms with Crippen molar-refractivity contribution in [3.05, 3.63) is 18.0 Å². The third kappa shape index (κ3) is 5.46. The van der Waals surface area contributed by atoms with Gasteiger partial charge in [0.15, 0.2) is 5.96 Å². The summed E-state index contributed by atoms with van der Waals surface area (Å²) >= 11 is 0. The van der Waals surface area contributed by atoms with E-state index in [4.69, 9.17) is 9.26 Å². The van der Waals surface area contributed by atoms with Crippen LogP contribution >= 0.6 is 0 Å². The van der Waals surface area contributed by atoms with Crippen molar-refractivity contribution in [3.63, 3.8) is 0 Å². The van der Waals surface area contributed by atoms with Gasteiger partial charge in [0.2, 0.25) is 0 Å². The molecule has 0 spiro atoms. The Morgan fingerprint density at radius 2 is 2.35 bits per heavy atom. The SMILES string of the molecule is CN=C(NCc1ccon1)N1CCC(NC(=O)OC(C)(C)C)C1. The van der Waals surface area contributed by atoms with Gasteiger partial charge in [-0.2, -0.15) is 0 Å². The second kappa shape index (κ2) is 7.34. The fourth-order valence-electron chi connectivity index (χ4n) is 2.38. The van der Waals surface area contributed by atoms with Crippen molar-refractivity contribution in [3.8, 4) is 0 Å². The summed E-state index contributed by atoms with van der Waals surface area (Å²) in [5, 5.41) is 9.99. The number of alkyl carbamates (subject to hydrolysis) is 1. The lowest BCUT2D eigenvalue weighted by atomic mass is 10.2. The highest BCUT2D eigenvalue weighted by Crippen LogP contribution is 2.12. The van der Waals surface area contributed by atoms with Crippen molar-refractivity contribution in [2.24, 2.45) is 4.99 Å². The number of carbonyl (C=O) groups excluding carboxylic acids is 1. The summed E-state index contributed by atoms with van der Waals surface area (Å²) in [5.74, 6) is 0.779. The summed E-state index contributed by atoms with van der Waals surface area (Å²) in [6.07, 6.45) is 2.01. The zero-order valence-electron chi connectivity index (χ0n) is 14.1. The van der Waals surface area contributed by atoms with E-state index in [1.165, 1.54) is 6.26 Å². The smallest absolute Gasteiger partial charge is 0.407 e. The van der Waals surface area contributed by atoms with Crippen molar-refractivity contribution < 1.29 is 14.1 Å². The maximum Gasteiger partial charge on any atom is 0.407 e. The Labute approximate surface area is 136 Å². The van der Waals surface area contributed by atoms with E-state index in [2.05, 4.69) is 25.7 Å². The average Bonchev–Trinajstić information content (AvgIpc) is 3.09. The van der Waals surface area contributed by atoms with Gasteiger partial charge in [-0.05, 0) is 27.2 Å². The van der Waals surface area contributed by atoms with Gasteiger partial charge in [0.05, 0.1) is 12.6 Å². The van der Waals surface area contributed by atoms with Crippen LogP contribution in [0.2, 0.25) is 0 Å². The molecule has 2 rings (SSSR count). The van der Waals surface area contributed by atoms with Crippen molar-refractivity contribution in [2.75, 3.05) is 20.1 Å². The molecule has 0 radical (unpaired) electrons. The van der Waals surface area contributed by atoms with Crippen LogP contribution in [0.15, 0.2) is 21.8 Å². The third-order valence-electron chi connectivity index (χ3n) is 3.34. The molecule has 0 bridgehead atoms. The maximum absolute atomic E-state index is 11.8. The summed E-state index contributed by atoms with van der Waals surface area (Å²) in [4.78, 5) is 18.2. The number of hydrogen-bond acceptors (Lipinski definition) is 5. The van der Waals surface area contributed by atoms with E-state index in [0.29, 0.717) is 13.1 Å². The molecular weight excluding hydrogens is 298 g/mol. The molecule has 23 heavy (non-hydrogen) atoms. The molecule has 0 saturated carbocycles. The van der Waals surface area contributed by atoms with Crippen LogP contribution < -0.4 is 10.6 Å². The summed E-state index contributed by atoms with van der Waals surface area (Å²) in [6.45, 7) is 7.61. The first-order valence-electron chi connectivity index (χ1n) is 7.72. The number of ether oxygens (including phenoxy) is 1. The van der Waals surface area contributed by atoms with Crippen LogP contribution in [-0.4, -0.2) is 53.9 Å². The van der Waals surface area contributed by atoms with Gasteiger partial charge in [-0.25, -0.2) is 4.79 Å². The molecule has 1 aromatic rings. The zero-order valence-corrected chi connectivity index (χ0v) is 14.1. The number of amides is 1. The van der Waals surface area contributed by atoms with Crippen LogP contribution in [0.1, 0.15) is 32.9 Å². The second-order valence-electron chi connectivity index (χ2n) is 6.47. The van der Waals surface area contributed by atoms with Crippen LogP contribution in [0.3, 0.4) is 0 Å². The molecule has 1 atom stereocenters. The molecule has 1 aliphatic heterocycles. The van der Waals surface area contributed by atoms with E-state index in [9.17, 15) is 4.79 Å². The Morgan fingerprint density at radius 3 is 2.96 bits per heavy atom. The van der Waals surface area contributed by atoms with E-state index in [1.54, 1.807) is 13.1 Å². The number of aromatic nitrogens is 1. The van der Waals surface area contributed by atoms with Gasteiger partial charge in [0, 0.05) is 26.2 Å². The first-order valence-corrected chi connectivity index (χ1v) is 7.72. The number of aliphatic imine (C=N–C) groups is 1. The predicted octanol–water partition coefficient (Wildman–Crippen LogP) is 1.35. The van der Waals surface area contributed by atoms with Crippen molar-refractivity contribution in [1.82, 2.24) is 20.7 Å². The van der Waals surface area contributed by atoms with Gasteiger partial charge in [-0.1, -0.05) is 5.16 Å². The van der Waals surface area contributed by atoms with Gasteiger partial charge >= 0.3 is 6.09 Å². The summed E-state index contributed by atoms with van der Waals surface area (Å²) < 4.78 is 10.1. The minimum absolute atomic E-state index is 0.0513. The number of hydrogen-bond donors (Lipinski definition) is 2. The third-order valence-corrected chi connectivity index (χ3v) is 3.34. The van der Waals surface area contributed by atoms with Gasteiger partial charge in [0.1, 0.15) is 17.6 Å². The molecular formula is C15H25N5O3. The molecule has 1 fully saturated rings. The maximum atomic E-state index is 11.8. The number of nitrogens with zero attached hydrogens (tertiary/aromatic N) is 3. The number of carbonyl (C=O) groups is 1. The van der Waals surface area contributed by atoms with Crippen molar-refractivity contribution >= 4 is 12.1 Å². The predicted molar refractivity (Wildman–Crippen MR) is 86.0 cm³/mol. The molecule has 1 saturated heterocycles. The minimum atomic E-state index is -0.489. The molecule has 1 unspecified atom stereocenters. The lowest BCUT2D eigenvalue weighted by Gasteiger charge is -2.23. The van der Waals surface area contributed by atoms with Gasteiger partial charge in [-0.3, -0.25) is 4.99 Å². The fourth-order valence-corrected chi connectivity index (χ4v) is 2.38. The Morgan fingerprint density at radius 1 is 1.57 bits per heavy atom. The van der Waals surface area contributed by atoms with Gasteiger partial charge in [-0.15, -0.1) is 0 Å². The van der Waals surface area contributed by atoms with E-state index in [0.717, 1.165) is 24.6 Å². The Kier molecular flexibility index (Phi) is 5.46. The fraction of sp³-hybridized carbons (Fsp3) is 0.667.